The zero-order valence-electron chi connectivity index (χ0n) is 12.7. The summed E-state index contributed by atoms with van der Waals surface area (Å²) in [5, 5.41) is 1.83. The van der Waals surface area contributed by atoms with Crippen LogP contribution >= 0.6 is 11.3 Å². The molecule has 4 nitrogen and oxygen atoms in total. The van der Waals surface area contributed by atoms with E-state index in [1.807, 2.05) is 37.3 Å². The topological polar surface area (TPSA) is 42.4 Å². The highest BCUT2D eigenvalue weighted by atomic mass is 32.1. The normalized spacial score (nSPS) is 14.9. The third-order valence-electron chi connectivity index (χ3n) is 3.74. The van der Waals surface area contributed by atoms with E-state index < -0.39 is 0 Å². The molecule has 2 aromatic rings. The van der Waals surface area contributed by atoms with Gasteiger partial charge in [-0.2, -0.15) is 0 Å². The smallest absolute Gasteiger partial charge is 0.360 e. The van der Waals surface area contributed by atoms with Crippen molar-refractivity contribution in [1.82, 2.24) is 4.98 Å². The summed E-state index contributed by atoms with van der Waals surface area (Å²) in [6.45, 7) is 4.17. The third kappa shape index (κ3) is 3.14. The molecule has 1 saturated heterocycles. The average Bonchev–Trinajstić information content (AvgIpc) is 3.02. The van der Waals surface area contributed by atoms with Crippen LogP contribution in [0, 0.1) is 0 Å². The van der Waals surface area contributed by atoms with Crippen LogP contribution in [0.1, 0.15) is 36.7 Å². The Morgan fingerprint density at radius 3 is 2.64 bits per heavy atom. The molecule has 3 rings (SSSR count). The van der Waals surface area contributed by atoms with Gasteiger partial charge in [0.1, 0.15) is 10.0 Å². The minimum atomic E-state index is -0.318. The second-order valence-electron chi connectivity index (χ2n) is 5.31. The van der Waals surface area contributed by atoms with Gasteiger partial charge in [-0.15, -0.1) is 0 Å². The molecule has 0 spiro atoms. The molecule has 1 aliphatic heterocycles. The Kier molecular flexibility index (Phi) is 4.73. The number of aromatic nitrogens is 1. The highest BCUT2D eigenvalue weighted by molar-refractivity contribution is 7.19. The van der Waals surface area contributed by atoms with Crippen molar-refractivity contribution in [2.24, 2.45) is 0 Å². The van der Waals surface area contributed by atoms with Crippen LogP contribution in [0.15, 0.2) is 30.3 Å². The van der Waals surface area contributed by atoms with E-state index in [4.69, 9.17) is 4.74 Å². The van der Waals surface area contributed by atoms with Crippen molar-refractivity contribution in [3.05, 3.63) is 36.0 Å². The number of benzene rings is 1. The molecule has 1 fully saturated rings. The van der Waals surface area contributed by atoms with Gasteiger partial charge in [-0.1, -0.05) is 41.7 Å². The lowest BCUT2D eigenvalue weighted by Gasteiger charge is -2.27. The summed E-state index contributed by atoms with van der Waals surface area (Å²) >= 11 is 1.59. The number of carbonyl (C=O) groups excluding carboxylic acids is 1. The summed E-state index contributed by atoms with van der Waals surface area (Å²) in [7, 11) is 0. The van der Waals surface area contributed by atoms with E-state index in [0.717, 1.165) is 28.7 Å². The van der Waals surface area contributed by atoms with Crippen LogP contribution in [0.3, 0.4) is 0 Å². The molecule has 116 valence electrons. The van der Waals surface area contributed by atoms with Crippen molar-refractivity contribution in [3.63, 3.8) is 0 Å². The highest BCUT2D eigenvalue weighted by Crippen LogP contribution is 2.36. The van der Waals surface area contributed by atoms with Gasteiger partial charge < -0.3 is 9.64 Å². The van der Waals surface area contributed by atoms with Gasteiger partial charge in [0, 0.05) is 18.7 Å². The molecule has 1 aliphatic rings. The van der Waals surface area contributed by atoms with Crippen molar-refractivity contribution < 1.29 is 9.53 Å². The van der Waals surface area contributed by atoms with Crippen molar-refractivity contribution in [2.75, 3.05) is 24.6 Å². The number of thiazole rings is 1. The first kappa shape index (κ1) is 15.0. The number of hydrogen-bond donors (Lipinski definition) is 0. The van der Waals surface area contributed by atoms with Crippen LogP contribution in [0.4, 0.5) is 5.00 Å². The molecule has 0 N–H and O–H groups in total. The molecule has 22 heavy (non-hydrogen) atoms. The predicted molar refractivity (Wildman–Crippen MR) is 89.6 cm³/mol. The fraction of sp³-hybridized carbons (Fsp3) is 0.412. The minimum absolute atomic E-state index is 0.318. The quantitative estimate of drug-likeness (QED) is 0.800. The van der Waals surface area contributed by atoms with Crippen LogP contribution in [-0.2, 0) is 4.74 Å². The molecular weight excluding hydrogens is 296 g/mol. The first-order valence-corrected chi connectivity index (χ1v) is 8.59. The van der Waals surface area contributed by atoms with E-state index >= 15 is 0 Å². The molecule has 2 heterocycles. The van der Waals surface area contributed by atoms with Gasteiger partial charge in [0.05, 0.1) is 6.61 Å². The number of anilines is 1. The number of rotatable bonds is 4. The lowest BCUT2D eigenvalue weighted by Crippen LogP contribution is -2.30. The van der Waals surface area contributed by atoms with Crippen LogP contribution < -0.4 is 4.90 Å². The fourth-order valence-corrected chi connectivity index (χ4v) is 3.77. The van der Waals surface area contributed by atoms with Gasteiger partial charge in [-0.25, -0.2) is 9.78 Å². The lowest BCUT2D eigenvalue weighted by atomic mass is 10.1. The molecule has 0 bridgehead atoms. The number of piperidine rings is 1. The van der Waals surface area contributed by atoms with Crippen LogP contribution in [-0.4, -0.2) is 30.6 Å². The van der Waals surface area contributed by atoms with Crippen LogP contribution in [0.25, 0.3) is 10.6 Å². The number of carbonyl (C=O) groups is 1. The monoisotopic (exact) mass is 316 g/mol. The molecule has 1 aromatic heterocycles. The van der Waals surface area contributed by atoms with Crippen LogP contribution in [0.2, 0.25) is 0 Å². The van der Waals surface area contributed by atoms with Crippen molar-refractivity contribution in [2.45, 2.75) is 26.2 Å². The first-order valence-electron chi connectivity index (χ1n) is 7.78. The van der Waals surface area contributed by atoms with Gasteiger partial charge in [0.25, 0.3) is 0 Å². The minimum Gasteiger partial charge on any atom is -0.461 e. The zero-order valence-corrected chi connectivity index (χ0v) is 13.6. The Balaban J connectivity index is 1.98. The largest absolute Gasteiger partial charge is 0.461 e. The predicted octanol–water partition coefficient (Wildman–Crippen LogP) is 3.98. The van der Waals surface area contributed by atoms with Gasteiger partial charge in [0.2, 0.25) is 0 Å². The second kappa shape index (κ2) is 6.92. The first-order chi connectivity index (χ1) is 10.8. The van der Waals surface area contributed by atoms with Crippen molar-refractivity contribution in [1.29, 1.82) is 0 Å². The number of ether oxygens (including phenoxy) is 1. The summed E-state index contributed by atoms with van der Waals surface area (Å²) in [5.41, 5.74) is 1.51. The van der Waals surface area contributed by atoms with Crippen molar-refractivity contribution in [3.8, 4) is 10.6 Å². The van der Waals surface area contributed by atoms with Gasteiger partial charge in [-0.3, -0.25) is 0 Å². The van der Waals surface area contributed by atoms with Crippen molar-refractivity contribution >= 4 is 22.3 Å². The lowest BCUT2D eigenvalue weighted by molar-refractivity contribution is 0.0521. The zero-order chi connectivity index (χ0) is 15.4. The number of hydrogen-bond acceptors (Lipinski definition) is 5. The Bertz CT molecular complexity index is 633. The Morgan fingerprint density at radius 1 is 1.23 bits per heavy atom. The molecule has 1 aromatic carbocycles. The summed E-state index contributed by atoms with van der Waals surface area (Å²) in [5.74, 6) is -0.318. The third-order valence-corrected chi connectivity index (χ3v) is 4.91. The fourth-order valence-electron chi connectivity index (χ4n) is 2.66. The molecule has 0 amide bonds. The summed E-state index contributed by atoms with van der Waals surface area (Å²) < 4.78 is 5.19. The van der Waals surface area contributed by atoms with Gasteiger partial charge in [-0.05, 0) is 26.2 Å². The molecule has 0 saturated carbocycles. The average molecular weight is 316 g/mol. The SMILES string of the molecule is CCOC(=O)c1nc(-c2ccccc2)sc1N1CCCCC1. The van der Waals surface area contributed by atoms with Gasteiger partial charge in [0.15, 0.2) is 5.69 Å². The van der Waals surface area contributed by atoms with Crippen LogP contribution in [0.5, 0.6) is 0 Å². The molecule has 0 atom stereocenters. The van der Waals surface area contributed by atoms with E-state index in [1.54, 1.807) is 11.3 Å². The van der Waals surface area contributed by atoms with E-state index in [2.05, 4.69) is 9.88 Å². The maximum absolute atomic E-state index is 12.2. The summed E-state index contributed by atoms with van der Waals surface area (Å²) in [4.78, 5) is 19.1. The maximum Gasteiger partial charge on any atom is 0.360 e. The number of esters is 1. The van der Waals surface area contributed by atoms with E-state index in [-0.39, 0.29) is 5.97 Å². The highest BCUT2D eigenvalue weighted by Gasteiger charge is 2.25. The molecule has 0 aliphatic carbocycles. The number of nitrogens with zero attached hydrogens (tertiary/aromatic N) is 2. The molecule has 0 radical (unpaired) electrons. The molecular formula is C17H20N2O2S. The summed E-state index contributed by atoms with van der Waals surface area (Å²) in [6.07, 6.45) is 3.59. The Morgan fingerprint density at radius 2 is 1.95 bits per heavy atom. The summed E-state index contributed by atoms with van der Waals surface area (Å²) in [6, 6.07) is 10.00. The Labute approximate surface area is 134 Å². The molecule has 5 heteroatoms. The standard InChI is InChI=1S/C17H20N2O2S/c1-2-21-17(20)14-16(19-11-7-4-8-12-19)22-15(18-14)13-9-5-3-6-10-13/h3,5-6,9-10H,2,4,7-8,11-12H2,1H3. The Hall–Kier alpha value is -1.88. The van der Waals surface area contributed by atoms with Gasteiger partial charge >= 0.3 is 5.97 Å². The van der Waals surface area contributed by atoms with E-state index in [9.17, 15) is 4.79 Å². The maximum atomic E-state index is 12.2. The second-order valence-corrected chi connectivity index (χ2v) is 6.28. The van der Waals surface area contributed by atoms with E-state index in [0.29, 0.717) is 12.3 Å². The van der Waals surface area contributed by atoms with E-state index in [1.165, 1.54) is 19.3 Å². The molecule has 0 unspecified atom stereocenters.